The molecule has 15 heavy (non-hydrogen) atoms. The van der Waals surface area contributed by atoms with E-state index in [1.54, 1.807) is 0 Å². The zero-order chi connectivity index (χ0) is 11.4. The molecule has 0 aliphatic carbocycles. The van der Waals surface area contributed by atoms with Gasteiger partial charge in [-0.2, -0.15) is 0 Å². The summed E-state index contributed by atoms with van der Waals surface area (Å²) in [5.74, 6) is -0.784. The van der Waals surface area contributed by atoms with Crippen molar-refractivity contribution in [3.63, 3.8) is 0 Å². The summed E-state index contributed by atoms with van der Waals surface area (Å²) in [6, 6.07) is 0. The summed E-state index contributed by atoms with van der Waals surface area (Å²) in [5, 5.41) is 0. The molecule has 1 heterocycles. The second-order valence-electron chi connectivity index (χ2n) is 3.63. The van der Waals surface area contributed by atoms with Crippen molar-refractivity contribution >= 4 is 12.3 Å². The first kappa shape index (κ1) is 11.8. The number of rotatable bonds is 3. The van der Waals surface area contributed by atoms with Crippen molar-refractivity contribution < 1.29 is 19.1 Å². The van der Waals surface area contributed by atoms with Gasteiger partial charge in [0.05, 0.1) is 24.9 Å². The first-order valence-electron chi connectivity index (χ1n) is 5.04. The van der Waals surface area contributed by atoms with Gasteiger partial charge in [0.15, 0.2) is 0 Å². The van der Waals surface area contributed by atoms with Crippen molar-refractivity contribution in [3.05, 3.63) is 11.8 Å². The van der Waals surface area contributed by atoms with Crippen LogP contribution in [0.4, 0.5) is 0 Å². The van der Waals surface area contributed by atoms with Gasteiger partial charge in [0.25, 0.3) is 0 Å². The quantitative estimate of drug-likeness (QED) is 0.522. The number of aldehydes is 1. The van der Waals surface area contributed by atoms with Gasteiger partial charge in [0.1, 0.15) is 12.4 Å². The molecule has 0 bridgehead atoms. The number of ether oxygens (including phenoxy) is 2. The summed E-state index contributed by atoms with van der Waals surface area (Å²) >= 11 is 0. The second-order valence-corrected chi connectivity index (χ2v) is 3.63. The molecule has 0 amide bonds. The number of esters is 1. The second kappa shape index (κ2) is 4.96. The van der Waals surface area contributed by atoms with Crippen LogP contribution in [0.2, 0.25) is 0 Å². The number of methoxy groups -OCH3 is 1. The Balaban J connectivity index is 2.96. The SMILES string of the molecule is CCC1C(C(=O)OC)=COC(C)C1C=O. The maximum absolute atomic E-state index is 11.4. The van der Waals surface area contributed by atoms with Gasteiger partial charge in [0.2, 0.25) is 0 Å². The highest BCUT2D eigenvalue weighted by Crippen LogP contribution is 2.32. The van der Waals surface area contributed by atoms with Crippen molar-refractivity contribution in [3.8, 4) is 0 Å². The maximum Gasteiger partial charge on any atom is 0.337 e. The van der Waals surface area contributed by atoms with Crippen molar-refractivity contribution in [1.82, 2.24) is 0 Å². The normalized spacial score (nSPS) is 30.1. The Morgan fingerprint density at radius 2 is 2.33 bits per heavy atom. The van der Waals surface area contributed by atoms with Crippen LogP contribution < -0.4 is 0 Å². The molecule has 3 atom stereocenters. The minimum Gasteiger partial charge on any atom is -0.497 e. The minimum absolute atomic E-state index is 0.0984. The van der Waals surface area contributed by atoms with Gasteiger partial charge < -0.3 is 14.3 Å². The minimum atomic E-state index is -0.416. The molecule has 4 heteroatoms. The van der Waals surface area contributed by atoms with E-state index in [1.165, 1.54) is 13.4 Å². The van der Waals surface area contributed by atoms with E-state index in [1.807, 2.05) is 13.8 Å². The summed E-state index contributed by atoms with van der Waals surface area (Å²) in [4.78, 5) is 22.4. The van der Waals surface area contributed by atoms with Crippen molar-refractivity contribution in [2.24, 2.45) is 11.8 Å². The van der Waals surface area contributed by atoms with Crippen LogP contribution in [0, 0.1) is 11.8 Å². The van der Waals surface area contributed by atoms with E-state index >= 15 is 0 Å². The van der Waals surface area contributed by atoms with Gasteiger partial charge in [-0.15, -0.1) is 0 Å². The largest absolute Gasteiger partial charge is 0.497 e. The van der Waals surface area contributed by atoms with E-state index in [4.69, 9.17) is 4.74 Å². The molecule has 0 aromatic carbocycles. The third kappa shape index (κ3) is 2.19. The van der Waals surface area contributed by atoms with Crippen LogP contribution in [-0.2, 0) is 19.1 Å². The highest BCUT2D eigenvalue weighted by molar-refractivity contribution is 5.89. The first-order chi connectivity index (χ1) is 7.15. The molecule has 1 aliphatic heterocycles. The van der Waals surface area contributed by atoms with Crippen molar-refractivity contribution in [2.75, 3.05) is 7.11 Å². The fourth-order valence-corrected chi connectivity index (χ4v) is 1.91. The van der Waals surface area contributed by atoms with Crippen LogP contribution in [0.1, 0.15) is 20.3 Å². The summed E-state index contributed by atoms with van der Waals surface area (Å²) < 4.78 is 9.90. The van der Waals surface area contributed by atoms with Gasteiger partial charge in [-0.25, -0.2) is 4.79 Å². The van der Waals surface area contributed by atoms with E-state index in [2.05, 4.69) is 4.74 Å². The highest BCUT2D eigenvalue weighted by Gasteiger charge is 2.36. The lowest BCUT2D eigenvalue weighted by Crippen LogP contribution is -2.35. The monoisotopic (exact) mass is 212 g/mol. The smallest absolute Gasteiger partial charge is 0.337 e. The molecule has 84 valence electrons. The van der Waals surface area contributed by atoms with E-state index < -0.39 is 5.97 Å². The Hall–Kier alpha value is -1.32. The van der Waals surface area contributed by atoms with Gasteiger partial charge in [0, 0.05) is 5.92 Å². The van der Waals surface area contributed by atoms with Crippen LogP contribution >= 0.6 is 0 Å². The number of hydrogen-bond donors (Lipinski definition) is 0. The van der Waals surface area contributed by atoms with Gasteiger partial charge in [-0.3, -0.25) is 0 Å². The Bertz CT molecular complexity index is 282. The summed E-state index contributed by atoms with van der Waals surface area (Å²) in [6.07, 6.45) is 2.82. The molecule has 1 aliphatic rings. The van der Waals surface area contributed by atoms with Crippen LogP contribution in [0.5, 0.6) is 0 Å². The highest BCUT2D eigenvalue weighted by atomic mass is 16.5. The fourth-order valence-electron chi connectivity index (χ4n) is 1.91. The van der Waals surface area contributed by atoms with Crippen LogP contribution in [-0.4, -0.2) is 25.5 Å². The topological polar surface area (TPSA) is 52.6 Å². The average molecular weight is 212 g/mol. The van der Waals surface area contributed by atoms with Crippen LogP contribution in [0.3, 0.4) is 0 Å². The van der Waals surface area contributed by atoms with Crippen molar-refractivity contribution in [2.45, 2.75) is 26.4 Å². The zero-order valence-electron chi connectivity index (χ0n) is 9.23. The Morgan fingerprint density at radius 3 is 2.80 bits per heavy atom. The molecule has 0 N–H and O–H groups in total. The molecular weight excluding hydrogens is 196 g/mol. The fraction of sp³-hybridized carbons (Fsp3) is 0.636. The summed E-state index contributed by atoms with van der Waals surface area (Å²) in [6.45, 7) is 3.77. The molecule has 0 radical (unpaired) electrons. The Morgan fingerprint density at radius 1 is 1.67 bits per heavy atom. The third-order valence-electron chi connectivity index (χ3n) is 2.83. The van der Waals surface area contributed by atoms with Gasteiger partial charge >= 0.3 is 5.97 Å². The first-order valence-corrected chi connectivity index (χ1v) is 5.04. The average Bonchev–Trinajstić information content (AvgIpc) is 2.27. The molecule has 0 spiro atoms. The lowest BCUT2D eigenvalue weighted by atomic mass is 9.80. The van der Waals surface area contributed by atoms with E-state index in [0.29, 0.717) is 5.57 Å². The molecule has 0 saturated heterocycles. The Kier molecular flexibility index (Phi) is 3.88. The molecule has 0 saturated carbocycles. The molecular formula is C11H16O4. The lowest BCUT2D eigenvalue weighted by Gasteiger charge is -2.31. The Labute approximate surface area is 89.2 Å². The zero-order valence-corrected chi connectivity index (χ0v) is 9.23. The predicted molar refractivity (Wildman–Crippen MR) is 54.0 cm³/mol. The predicted octanol–water partition coefficient (Wildman–Crippen LogP) is 1.30. The van der Waals surface area contributed by atoms with Crippen LogP contribution in [0.15, 0.2) is 11.8 Å². The number of hydrogen-bond acceptors (Lipinski definition) is 4. The molecule has 1 rings (SSSR count). The molecule has 0 aromatic heterocycles. The molecule has 0 fully saturated rings. The number of carbonyl (C=O) groups excluding carboxylic acids is 2. The molecule has 3 unspecified atom stereocenters. The van der Waals surface area contributed by atoms with Crippen molar-refractivity contribution in [1.29, 1.82) is 0 Å². The van der Waals surface area contributed by atoms with E-state index in [-0.39, 0.29) is 17.9 Å². The van der Waals surface area contributed by atoms with E-state index in [0.717, 1.165) is 12.7 Å². The number of carbonyl (C=O) groups is 2. The van der Waals surface area contributed by atoms with Crippen LogP contribution in [0.25, 0.3) is 0 Å². The lowest BCUT2D eigenvalue weighted by molar-refractivity contribution is -0.138. The molecule has 4 nitrogen and oxygen atoms in total. The van der Waals surface area contributed by atoms with E-state index in [9.17, 15) is 9.59 Å². The van der Waals surface area contributed by atoms with Gasteiger partial charge in [-0.1, -0.05) is 6.92 Å². The van der Waals surface area contributed by atoms with Gasteiger partial charge in [-0.05, 0) is 13.3 Å². The standard InChI is InChI=1S/C11H16O4/c1-4-8-9(5-12)7(2)15-6-10(8)11(13)14-3/h5-9H,4H2,1-3H3. The summed E-state index contributed by atoms with van der Waals surface area (Å²) in [5.41, 5.74) is 0.454. The maximum atomic E-state index is 11.4. The third-order valence-corrected chi connectivity index (χ3v) is 2.83. The summed E-state index contributed by atoms with van der Waals surface area (Å²) in [7, 11) is 1.32. The molecule has 0 aromatic rings.